The average Bonchev–Trinajstić information content (AvgIpc) is 2.66. The SMILES string of the molecule is Fc1ccccc1CNCC1CCC(CNCc2ccccc2F)CC1. The number of nitrogens with one attached hydrogen (secondary N) is 2. The van der Waals surface area contributed by atoms with E-state index in [2.05, 4.69) is 10.6 Å². The van der Waals surface area contributed by atoms with Crippen molar-refractivity contribution in [2.75, 3.05) is 13.1 Å². The quantitative estimate of drug-likeness (QED) is 0.718. The van der Waals surface area contributed by atoms with Crippen molar-refractivity contribution < 1.29 is 8.78 Å². The molecule has 0 heterocycles. The van der Waals surface area contributed by atoms with Gasteiger partial charge in [0, 0.05) is 24.2 Å². The zero-order valence-corrected chi connectivity index (χ0v) is 15.2. The van der Waals surface area contributed by atoms with Crippen LogP contribution in [0.2, 0.25) is 0 Å². The molecule has 26 heavy (non-hydrogen) atoms. The van der Waals surface area contributed by atoms with Crippen molar-refractivity contribution in [2.24, 2.45) is 11.8 Å². The number of hydrogen-bond acceptors (Lipinski definition) is 2. The third-order valence-corrected chi connectivity index (χ3v) is 5.38. The Morgan fingerprint density at radius 1 is 0.654 bits per heavy atom. The van der Waals surface area contributed by atoms with E-state index in [1.165, 1.54) is 37.8 Å². The molecule has 1 fully saturated rings. The number of halogens is 2. The third kappa shape index (κ3) is 5.61. The third-order valence-electron chi connectivity index (χ3n) is 5.38. The van der Waals surface area contributed by atoms with Crippen LogP contribution < -0.4 is 10.6 Å². The summed E-state index contributed by atoms with van der Waals surface area (Å²) in [6.45, 7) is 3.08. The van der Waals surface area contributed by atoms with E-state index in [0.29, 0.717) is 24.9 Å². The van der Waals surface area contributed by atoms with Crippen molar-refractivity contribution in [1.29, 1.82) is 0 Å². The minimum Gasteiger partial charge on any atom is -0.312 e. The first-order valence-corrected chi connectivity index (χ1v) is 9.60. The summed E-state index contributed by atoms with van der Waals surface area (Å²) in [5.74, 6) is 1.07. The Morgan fingerprint density at radius 3 is 1.42 bits per heavy atom. The predicted molar refractivity (Wildman–Crippen MR) is 102 cm³/mol. The number of rotatable bonds is 8. The van der Waals surface area contributed by atoms with Crippen LogP contribution in [0.15, 0.2) is 48.5 Å². The number of benzene rings is 2. The largest absolute Gasteiger partial charge is 0.312 e. The van der Waals surface area contributed by atoms with Gasteiger partial charge < -0.3 is 10.6 Å². The fraction of sp³-hybridized carbons (Fsp3) is 0.455. The lowest BCUT2D eigenvalue weighted by molar-refractivity contribution is 0.260. The second-order valence-corrected chi connectivity index (χ2v) is 7.33. The van der Waals surface area contributed by atoms with Gasteiger partial charge in [0.2, 0.25) is 0 Å². The maximum Gasteiger partial charge on any atom is 0.127 e. The minimum absolute atomic E-state index is 0.135. The van der Waals surface area contributed by atoms with Crippen LogP contribution in [0.3, 0.4) is 0 Å². The lowest BCUT2D eigenvalue weighted by Gasteiger charge is -2.29. The molecule has 0 radical (unpaired) electrons. The summed E-state index contributed by atoms with van der Waals surface area (Å²) in [6, 6.07) is 13.9. The van der Waals surface area contributed by atoms with E-state index in [1.54, 1.807) is 12.1 Å². The van der Waals surface area contributed by atoms with Gasteiger partial charge in [-0.15, -0.1) is 0 Å². The first-order chi connectivity index (χ1) is 12.7. The molecule has 0 atom stereocenters. The molecule has 0 aromatic heterocycles. The molecule has 2 aromatic carbocycles. The van der Waals surface area contributed by atoms with Crippen LogP contribution in [0.5, 0.6) is 0 Å². The summed E-state index contributed by atoms with van der Waals surface area (Å²) in [5, 5.41) is 6.80. The summed E-state index contributed by atoms with van der Waals surface area (Å²) < 4.78 is 27.2. The lowest BCUT2D eigenvalue weighted by atomic mass is 9.82. The van der Waals surface area contributed by atoms with Crippen LogP contribution in [0.4, 0.5) is 8.78 Å². The van der Waals surface area contributed by atoms with E-state index in [9.17, 15) is 8.78 Å². The van der Waals surface area contributed by atoms with E-state index < -0.39 is 0 Å². The smallest absolute Gasteiger partial charge is 0.127 e. The maximum absolute atomic E-state index is 13.6. The van der Waals surface area contributed by atoms with Crippen molar-refractivity contribution in [2.45, 2.75) is 38.8 Å². The van der Waals surface area contributed by atoms with Gasteiger partial charge in [-0.2, -0.15) is 0 Å². The van der Waals surface area contributed by atoms with Gasteiger partial charge in [0.1, 0.15) is 11.6 Å². The first kappa shape index (κ1) is 19.0. The van der Waals surface area contributed by atoms with Crippen LogP contribution in [-0.4, -0.2) is 13.1 Å². The van der Waals surface area contributed by atoms with Crippen LogP contribution in [0, 0.1) is 23.5 Å². The van der Waals surface area contributed by atoms with Crippen LogP contribution >= 0.6 is 0 Å². The highest BCUT2D eigenvalue weighted by molar-refractivity contribution is 5.17. The molecule has 0 spiro atoms. The predicted octanol–water partition coefficient (Wildman–Crippen LogP) is 4.65. The Kier molecular flexibility index (Phi) is 7.15. The second-order valence-electron chi connectivity index (χ2n) is 7.33. The van der Waals surface area contributed by atoms with E-state index in [1.807, 2.05) is 24.3 Å². The second kappa shape index (κ2) is 9.79. The molecule has 4 heteroatoms. The Bertz CT molecular complexity index is 622. The van der Waals surface area contributed by atoms with Crippen molar-refractivity contribution in [3.05, 3.63) is 71.3 Å². The maximum atomic E-state index is 13.6. The molecule has 0 unspecified atom stereocenters. The molecule has 140 valence electrons. The summed E-state index contributed by atoms with van der Waals surface area (Å²) in [7, 11) is 0. The highest BCUT2D eigenvalue weighted by atomic mass is 19.1. The molecule has 2 nitrogen and oxygen atoms in total. The average molecular weight is 358 g/mol. The summed E-state index contributed by atoms with van der Waals surface area (Å²) in [5.41, 5.74) is 1.47. The fourth-order valence-electron chi connectivity index (χ4n) is 3.75. The van der Waals surface area contributed by atoms with Gasteiger partial charge in [0.05, 0.1) is 0 Å². The molecule has 3 rings (SSSR count). The summed E-state index contributed by atoms with van der Waals surface area (Å²) in [6.07, 6.45) is 4.82. The van der Waals surface area contributed by atoms with Crippen molar-refractivity contribution >= 4 is 0 Å². The Labute approximate surface area is 155 Å². The molecule has 0 saturated heterocycles. The molecule has 2 N–H and O–H groups in total. The zero-order valence-electron chi connectivity index (χ0n) is 15.2. The molecule has 0 bridgehead atoms. The highest BCUT2D eigenvalue weighted by Crippen LogP contribution is 2.28. The van der Waals surface area contributed by atoms with Gasteiger partial charge in [-0.25, -0.2) is 8.78 Å². The van der Waals surface area contributed by atoms with E-state index in [4.69, 9.17) is 0 Å². The van der Waals surface area contributed by atoms with E-state index in [-0.39, 0.29) is 11.6 Å². The van der Waals surface area contributed by atoms with Crippen LogP contribution in [-0.2, 0) is 13.1 Å². The Hall–Kier alpha value is -1.78. The fourth-order valence-corrected chi connectivity index (χ4v) is 3.75. The van der Waals surface area contributed by atoms with Crippen molar-refractivity contribution in [3.63, 3.8) is 0 Å². The molecule has 1 aliphatic carbocycles. The van der Waals surface area contributed by atoms with E-state index in [0.717, 1.165) is 24.2 Å². The molecule has 1 saturated carbocycles. The summed E-state index contributed by atoms with van der Waals surface area (Å²) >= 11 is 0. The number of hydrogen-bond donors (Lipinski definition) is 2. The zero-order chi connectivity index (χ0) is 18.2. The van der Waals surface area contributed by atoms with Crippen molar-refractivity contribution in [1.82, 2.24) is 10.6 Å². The van der Waals surface area contributed by atoms with Gasteiger partial charge in [0.25, 0.3) is 0 Å². The Balaban J connectivity index is 1.30. The first-order valence-electron chi connectivity index (χ1n) is 9.60. The lowest BCUT2D eigenvalue weighted by Crippen LogP contribution is -2.30. The van der Waals surface area contributed by atoms with Gasteiger partial charge >= 0.3 is 0 Å². The normalized spacial score (nSPS) is 20.2. The van der Waals surface area contributed by atoms with Gasteiger partial charge in [-0.05, 0) is 62.7 Å². The van der Waals surface area contributed by atoms with Gasteiger partial charge in [0.15, 0.2) is 0 Å². The van der Waals surface area contributed by atoms with Gasteiger partial charge in [-0.1, -0.05) is 36.4 Å². The topological polar surface area (TPSA) is 24.1 Å². The molecular weight excluding hydrogens is 330 g/mol. The minimum atomic E-state index is -0.135. The molecule has 2 aromatic rings. The summed E-state index contributed by atoms with van der Waals surface area (Å²) in [4.78, 5) is 0. The van der Waals surface area contributed by atoms with Crippen molar-refractivity contribution in [3.8, 4) is 0 Å². The van der Waals surface area contributed by atoms with Crippen LogP contribution in [0.25, 0.3) is 0 Å². The monoisotopic (exact) mass is 358 g/mol. The molecule has 0 aliphatic heterocycles. The Morgan fingerprint density at radius 2 is 1.04 bits per heavy atom. The molecular formula is C22H28F2N2. The standard InChI is InChI=1S/C22H28F2N2/c23-21-7-3-1-5-19(21)15-25-13-17-9-11-18(12-10-17)14-26-16-20-6-2-4-8-22(20)24/h1-8,17-18,25-26H,9-16H2. The highest BCUT2D eigenvalue weighted by Gasteiger charge is 2.20. The molecule has 1 aliphatic rings. The van der Waals surface area contributed by atoms with Crippen LogP contribution in [0.1, 0.15) is 36.8 Å². The van der Waals surface area contributed by atoms with E-state index >= 15 is 0 Å². The van der Waals surface area contributed by atoms with Gasteiger partial charge in [-0.3, -0.25) is 0 Å². The molecule has 0 amide bonds.